The molecule has 1 aliphatic rings. The van der Waals surface area contributed by atoms with Gasteiger partial charge in [-0.3, -0.25) is 19.3 Å². The normalized spacial score (nSPS) is 13.9. The number of imide groups is 1. The summed E-state index contributed by atoms with van der Waals surface area (Å²) in [6.07, 6.45) is 1.51. The largest absolute Gasteiger partial charge is 0.493 e. The number of ether oxygens (including phenoxy) is 2. The Morgan fingerprint density at radius 2 is 1.92 bits per heavy atom. The summed E-state index contributed by atoms with van der Waals surface area (Å²) in [4.78, 5) is 39.2. The van der Waals surface area contributed by atoms with Crippen LogP contribution in [0.15, 0.2) is 59.5 Å². The number of carbonyl (C=O) groups is 3. The van der Waals surface area contributed by atoms with E-state index in [2.05, 4.69) is 11.4 Å². The minimum Gasteiger partial charge on any atom is -0.493 e. The molecule has 0 bridgehead atoms. The first-order chi connectivity index (χ1) is 18.7. The monoisotopic (exact) mass is 561 g/mol. The minimum absolute atomic E-state index is 0.0994. The number of nitrogens with one attached hydrogen (secondary N) is 1. The Labute approximate surface area is 235 Å². The highest BCUT2D eigenvalue weighted by Gasteiger charge is 2.36. The van der Waals surface area contributed by atoms with Crippen LogP contribution in [0.25, 0.3) is 6.08 Å². The van der Waals surface area contributed by atoms with E-state index in [0.29, 0.717) is 28.1 Å². The van der Waals surface area contributed by atoms with E-state index in [1.54, 1.807) is 30.3 Å². The first-order valence-corrected chi connectivity index (χ1v) is 13.0. The van der Waals surface area contributed by atoms with Gasteiger partial charge in [0.2, 0.25) is 5.91 Å². The van der Waals surface area contributed by atoms with Gasteiger partial charge in [-0.1, -0.05) is 41.9 Å². The predicted octanol–water partition coefficient (Wildman–Crippen LogP) is 6.09. The van der Waals surface area contributed by atoms with E-state index >= 15 is 0 Å². The van der Waals surface area contributed by atoms with Crippen molar-refractivity contribution >= 4 is 52.2 Å². The number of amides is 3. The number of methoxy groups -OCH3 is 1. The van der Waals surface area contributed by atoms with E-state index in [4.69, 9.17) is 21.1 Å². The molecule has 0 spiro atoms. The maximum atomic E-state index is 13.0. The van der Waals surface area contributed by atoms with Crippen LogP contribution >= 0.6 is 23.4 Å². The molecule has 1 fully saturated rings. The van der Waals surface area contributed by atoms with Crippen LogP contribution in [0.4, 0.5) is 10.5 Å². The summed E-state index contributed by atoms with van der Waals surface area (Å²) >= 11 is 7.22. The van der Waals surface area contributed by atoms with E-state index in [1.165, 1.54) is 13.2 Å². The third-order valence-corrected chi connectivity index (χ3v) is 7.09. The van der Waals surface area contributed by atoms with Crippen molar-refractivity contribution in [2.75, 3.05) is 19.0 Å². The molecule has 3 aromatic carbocycles. The van der Waals surface area contributed by atoms with Crippen LogP contribution in [0.3, 0.4) is 0 Å². The standard InChI is InChI=1S/C29H24ClN3O5S/c1-17-8-9-18(2)23(10-17)32-26(34)15-33-28(35)25(39-29(33)36)13-19-11-22(30)27(24(12-19)37-3)38-16-21-7-5-4-6-20(21)14-31/h4-13H,15-16H2,1-3H3,(H,32,34)/b25-13-. The van der Waals surface area contributed by atoms with E-state index < -0.39 is 23.6 Å². The number of anilines is 1. The number of thioether (sulfide) groups is 1. The second-order valence-corrected chi connectivity index (χ2v) is 10.1. The molecule has 4 rings (SSSR count). The summed E-state index contributed by atoms with van der Waals surface area (Å²) in [7, 11) is 1.45. The van der Waals surface area contributed by atoms with Gasteiger partial charge in [-0.2, -0.15) is 5.26 Å². The van der Waals surface area contributed by atoms with Crippen molar-refractivity contribution in [1.82, 2.24) is 4.90 Å². The first kappa shape index (κ1) is 27.8. The number of hydrogen-bond acceptors (Lipinski definition) is 7. The average molecular weight is 562 g/mol. The minimum atomic E-state index is -0.579. The molecule has 3 amide bonds. The molecule has 0 atom stereocenters. The third kappa shape index (κ3) is 6.42. The van der Waals surface area contributed by atoms with Gasteiger partial charge in [-0.15, -0.1) is 0 Å². The summed E-state index contributed by atoms with van der Waals surface area (Å²) in [5.74, 6) is -0.461. The lowest BCUT2D eigenvalue weighted by molar-refractivity contribution is -0.127. The first-order valence-electron chi connectivity index (χ1n) is 11.8. The fraction of sp³-hybridized carbons (Fsp3) is 0.172. The van der Waals surface area contributed by atoms with Gasteiger partial charge in [0, 0.05) is 11.3 Å². The summed E-state index contributed by atoms with van der Waals surface area (Å²) < 4.78 is 11.3. The Balaban J connectivity index is 1.49. The van der Waals surface area contributed by atoms with Gasteiger partial charge in [0.25, 0.3) is 11.1 Å². The highest BCUT2D eigenvalue weighted by Crippen LogP contribution is 2.39. The van der Waals surface area contributed by atoms with Crippen molar-refractivity contribution in [2.45, 2.75) is 20.5 Å². The second kappa shape index (κ2) is 12.1. The van der Waals surface area contributed by atoms with E-state index in [9.17, 15) is 19.6 Å². The molecule has 0 radical (unpaired) electrons. The van der Waals surface area contributed by atoms with E-state index in [1.807, 2.05) is 38.1 Å². The smallest absolute Gasteiger partial charge is 0.294 e. The SMILES string of the molecule is COc1cc(/C=C2\SC(=O)N(CC(=O)Nc3cc(C)ccc3C)C2=O)cc(Cl)c1OCc1ccccc1C#N. The average Bonchev–Trinajstić information content (AvgIpc) is 3.17. The van der Waals surface area contributed by atoms with Crippen LogP contribution in [0.1, 0.15) is 27.8 Å². The molecule has 0 saturated carbocycles. The zero-order valence-electron chi connectivity index (χ0n) is 21.4. The highest BCUT2D eigenvalue weighted by atomic mass is 35.5. The number of nitrogens with zero attached hydrogens (tertiary/aromatic N) is 2. The lowest BCUT2D eigenvalue weighted by Crippen LogP contribution is -2.36. The maximum absolute atomic E-state index is 13.0. The molecule has 1 aliphatic heterocycles. The molecule has 198 valence electrons. The summed E-state index contributed by atoms with van der Waals surface area (Å²) in [6, 6.07) is 18.0. The van der Waals surface area contributed by atoms with Crippen LogP contribution in [-0.4, -0.2) is 35.6 Å². The highest BCUT2D eigenvalue weighted by molar-refractivity contribution is 8.18. The van der Waals surface area contributed by atoms with E-state index in [-0.39, 0.29) is 22.3 Å². The zero-order valence-corrected chi connectivity index (χ0v) is 23.0. The van der Waals surface area contributed by atoms with Crippen molar-refractivity contribution < 1.29 is 23.9 Å². The van der Waals surface area contributed by atoms with Gasteiger partial charge >= 0.3 is 0 Å². The van der Waals surface area contributed by atoms with Crippen molar-refractivity contribution in [1.29, 1.82) is 5.26 Å². The van der Waals surface area contributed by atoms with Gasteiger partial charge in [0.15, 0.2) is 11.5 Å². The number of benzene rings is 3. The number of hydrogen-bond donors (Lipinski definition) is 1. The quantitative estimate of drug-likeness (QED) is 0.331. The molecule has 0 aliphatic carbocycles. The summed E-state index contributed by atoms with van der Waals surface area (Å²) in [5.41, 5.74) is 4.16. The van der Waals surface area contributed by atoms with Crippen molar-refractivity contribution in [3.63, 3.8) is 0 Å². The van der Waals surface area contributed by atoms with Gasteiger partial charge in [-0.05, 0) is 72.6 Å². The molecule has 3 aromatic rings. The molecular weight excluding hydrogens is 538 g/mol. The molecule has 39 heavy (non-hydrogen) atoms. The fourth-order valence-corrected chi connectivity index (χ4v) is 4.97. The van der Waals surface area contributed by atoms with Crippen LogP contribution in [-0.2, 0) is 16.2 Å². The van der Waals surface area contributed by atoms with Gasteiger partial charge in [-0.25, -0.2) is 0 Å². The number of carbonyl (C=O) groups excluding carboxylic acids is 3. The zero-order chi connectivity index (χ0) is 28.1. The second-order valence-electron chi connectivity index (χ2n) is 8.73. The fourth-order valence-electron chi connectivity index (χ4n) is 3.86. The topological polar surface area (TPSA) is 109 Å². The predicted molar refractivity (Wildman–Crippen MR) is 151 cm³/mol. The van der Waals surface area contributed by atoms with Crippen molar-refractivity contribution in [2.24, 2.45) is 0 Å². The Morgan fingerprint density at radius 3 is 2.67 bits per heavy atom. The molecule has 10 heteroatoms. The lowest BCUT2D eigenvalue weighted by Gasteiger charge is -2.14. The molecule has 1 N–H and O–H groups in total. The molecule has 0 aromatic heterocycles. The third-order valence-electron chi connectivity index (χ3n) is 5.90. The number of nitriles is 1. The Morgan fingerprint density at radius 1 is 1.15 bits per heavy atom. The molecule has 0 unspecified atom stereocenters. The Kier molecular flexibility index (Phi) is 8.59. The molecule has 1 heterocycles. The van der Waals surface area contributed by atoms with Crippen LogP contribution in [0.5, 0.6) is 11.5 Å². The summed E-state index contributed by atoms with van der Waals surface area (Å²) in [6.45, 7) is 3.46. The van der Waals surface area contributed by atoms with Gasteiger partial charge in [0.05, 0.1) is 28.7 Å². The number of aryl methyl sites for hydroxylation is 2. The van der Waals surface area contributed by atoms with Gasteiger partial charge in [0.1, 0.15) is 13.2 Å². The van der Waals surface area contributed by atoms with Gasteiger partial charge < -0.3 is 14.8 Å². The van der Waals surface area contributed by atoms with Crippen LogP contribution in [0.2, 0.25) is 5.02 Å². The Bertz CT molecular complexity index is 1550. The van der Waals surface area contributed by atoms with Crippen molar-refractivity contribution in [3.8, 4) is 17.6 Å². The summed E-state index contributed by atoms with van der Waals surface area (Å²) in [5, 5.41) is 11.7. The number of halogens is 1. The van der Waals surface area contributed by atoms with E-state index in [0.717, 1.165) is 27.8 Å². The molecular formula is C29H24ClN3O5S. The lowest BCUT2D eigenvalue weighted by atomic mass is 10.1. The molecule has 8 nitrogen and oxygen atoms in total. The maximum Gasteiger partial charge on any atom is 0.294 e. The number of rotatable bonds is 8. The van der Waals surface area contributed by atoms with Crippen LogP contribution < -0.4 is 14.8 Å². The van der Waals surface area contributed by atoms with Crippen LogP contribution in [0, 0.1) is 25.2 Å². The molecule has 1 saturated heterocycles. The van der Waals surface area contributed by atoms with Crippen molar-refractivity contribution in [3.05, 3.63) is 92.3 Å². The Hall–Kier alpha value is -4.26.